The van der Waals surface area contributed by atoms with Crippen LogP contribution in [0.25, 0.3) is 0 Å². The second kappa shape index (κ2) is 5.07. The molecule has 1 saturated heterocycles. The van der Waals surface area contributed by atoms with Crippen LogP contribution in [0.3, 0.4) is 0 Å². The van der Waals surface area contributed by atoms with Gasteiger partial charge in [0.25, 0.3) is 5.91 Å². The van der Waals surface area contributed by atoms with Crippen LogP contribution < -0.4 is 10.6 Å². The molecule has 5 heteroatoms. The summed E-state index contributed by atoms with van der Waals surface area (Å²) >= 11 is 1.72. The smallest absolute Gasteiger partial charge is 0.252 e. The summed E-state index contributed by atoms with van der Waals surface area (Å²) in [4.78, 5) is 13.6. The first kappa shape index (κ1) is 13.7. The van der Waals surface area contributed by atoms with Crippen molar-refractivity contribution < 1.29 is 9.53 Å². The van der Waals surface area contributed by atoms with E-state index in [0.29, 0.717) is 25.2 Å². The van der Waals surface area contributed by atoms with E-state index in [-0.39, 0.29) is 11.4 Å². The lowest BCUT2D eigenvalue weighted by Gasteiger charge is -2.38. The third-order valence-corrected chi connectivity index (χ3v) is 5.72. The van der Waals surface area contributed by atoms with Gasteiger partial charge in [-0.05, 0) is 44.7 Å². The number of hydrogen-bond donors (Lipinski definition) is 2. The lowest BCUT2D eigenvalue weighted by Crippen LogP contribution is -2.59. The van der Waals surface area contributed by atoms with Gasteiger partial charge in [-0.3, -0.25) is 4.79 Å². The van der Waals surface area contributed by atoms with E-state index in [1.165, 1.54) is 30.7 Å². The van der Waals surface area contributed by atoms with Crippen LogP contribution in [0.2, 0.25) is 0 Å². The summed E-state index contributed by atoms with van der Waals surface area (Å²) < 4.78 is 5.17. The van der Waals surface area contributed by atoms with Crippen LogP contribution in [0.5, 0.6) is 0 Å². The van der Waals surface area contributed by atoms with Gasteiger partial charge < -0.3 is 15.4 Å². The average molecular weight is 306 g/mol. The first-order chi connectivity index (χ1) is 10.1. The number of nitrogens with one attached hydrogen (secondary N) is 2. The molecule has 2 atom stereocenters. The molecule has 2 saturated carbocycles. The van der Waals surface area contributed by atoms with Gasteiger partial charge in [-0.1, -0.05) is 0 Å². The Hall–Kier alpha value is -0.910. The Kier molecular flexibility index (Phi) is 3.32. The van der Waals surface area contributed by atoms with Crippen molar-refractivity contribution in [3.8, 4) is 0 Å². The summed E-state index contributed by atoms with van der Waals surface area (Å²) in [6.45, 7) is 4.44. The van der Waals surface area contributed by atoms with Gasteiger partial charge >= 0.3 is 0 Å². The van der Waals surface area contributed by atoms with Crippen molar-refractivity contribution in [3.63, 3.8) is 0 Å². The van der Waals surface area contributed by atoms with E-state index < -0.39 is 0 Å². The zero-order valence-electron chi connectivity index (χ0n) is 12.4. The molecule has 0 bridgehead atoms. The highest BCUT2D eigenvalue weighted by Crippen LogP contribution is 2.44. The molecule has 2 N–H and O–H groups in total. The van der Waals surface area contributed by atoms with E-state index in [4.69, 9.17) is 4.74 Å². The number of thiophene rings is 1. The zero-order chi connectivity index (χ0) is 14.4. The van der Waals surface area contributed by atoms with Gasteiger partial charge in [-0.2, -0.15) is 0 Å². The molecule has 1 aromatic heterocycles. The van der Waals surface area contributed by atoms with Gasteiger partial charge in [0.05, 0.1) is 24.3 Å². The minimum Gasteiger partial charge on any atom is -0.376 e. The van der Waals surface area contributed by atoms with E-state index in [0.717, 1.165) is 11.5 Å². The highest BCUT2D eigenvalue weighted by atomic mass is 32.1. The van der Waals surface area contributed by atoms with Crippen molar-refractivity contribution in [2.45, 2.75) is 43.7 Å². The molecule has 0 radical (unpaired) electrons. The number of amides is 1. The van der Waals surface area contributed by atoms with E-state index in [1.54, 1.807) is 11.3 Å². The van der Waals surface area contributed by atoms with Crippen molar-refractivity contribution in [2.75, 3.05) is 19.8 Å². The van der Waals surface area contributed by atoms with Gasteiger partial charge in [0.1, 0.15) is 0 Å². The minimum absolute atomic E-state index is 0.0337. The molecule has 0 spiro atoms. The van der Waals surface area contributed by atoms with E-state index in [1.807, 2.05) is 12.3 Å². The molecule has 2 aliphatic carbocycles. The third-order valence-electron chi connectivity index (χ3n) is 4.66. The maximum Gasteiger partial charge on any atom is 0.252 e. The Labute approximate surface area is 129 Å². The van der Waals surface area contributed by atoms with Crippen LogP contribution in [0.15, 0.2) is 11.4 Å². The molecule has 4 rings (SSSR count). The number of carbonyl (C=O) groups excluding carboxylic acids is 1. The summed E-state index contributed by atoms with van der Waals surface area (Å²) in [5.74, 6) is 1.59. The van der Waals surface area contributed by atoms with E-state index >= 15 is 0 Å². The second-order valence-corrected chi connectivity index (χ2v) is 7.99. The molecule has 3 fully saturated rings. The topological polar surface area (TPSA) is 50.4 Å². The maximum absolute atomic E-state index is 12.2. The Morgan fingerprint density at radius 1 is 1.48 bits per heavy atom. The largest absolute Gasteiger partial charge is 0.376 e. The quantitative estimate of drug-likeness (QED) is 0.846. The molecule has 1 aliphatic heterocycles. The summed E-state index contributed by atoms with van der Waals surface area (Å²) in [5.41, 5.74) is 0.628. The minimum atomic E-state index is -0.173. The molecule has 2 unspecified atom stereocenters. The van der Waals surface area contributed by atoms with Crippen LogP contribution in [0.4, 0.5) is 0 Å². The molecular weight excluding hydrogens is 284 g/mol. The normalized spacial score (nSPS) is 29.8. The van der Waals surface area contributed by atoms with Crippen LogP contribution in [0, 0.1) is 5.92 Å². The predicted molar refractivity (Wildman–Crippen MR) is 82.9 cm³/mol. The fourth-order valence-electron chi connectivity index (χ4n) is 2.87. The first-order valence-electron chi connectivity index (χ1n) is 7.85. The first-order valence-corrected chi connectivity index (χ1v) is 8.73. The molecule has 2 heterocycles. The molecular formula is C16H22N2O2S. The van der Waals surface area contributed by atoms with Crippen LogP contribution in [0.1, 0.15) is 47.3 Å². The summed E-state index contributed by atoms with van der Waals surface area (Å²) in [7, 11) is 0. The number of ether oxygens (including phenoxy) is 1. The summed E-state index contributed by atoms with van der Waals surface area (Å²) in [6.07, 6.45) is 4.02. The van der Waals surface area contributed by atoms with Crippen molar-refractivity contribution in [1.29, 1.82) is 0 Å². The lowest BCUT2D eigenvalue weighted by atomic mass is 10.0. The van der Waals surface area contributed by atoms with E-state index in [2.05, 4.69) is 16.7 Å². The van der Waals surface area contributed by atoms with Gasteiger partial charge in [0.2, 0.25) is 0 Å². The lowest BCUT2D eigenvalue weighted by molar-refractivity contribution is -0.0593. The number of carbonyl (C=O) groups is 1. The highest BCUT2D eigenvalue weighted by Gasteiger charge is 2.40. The maximum atomic E-state index is 12.2. The van der Waals surface area contributed by atoms with Gasteiger partial charge in [0, 0.05) is 22.2 Å². The third kappa shape index (κ3) is 3.00. The Bertz CT molecular complexity index is 548. The predicted octanol–water partition coefficient (Wildman–Crippen LogP) is 2.12. The zero-order valence-corrected chi connectivity index (χ0v) is 13.2. The molecule has 3 aliphatic rings. The molecule has 1 aromatic rings. The van der Waals surface area contributed by atoms with Gasteiger partial charge in [0.15, 0.2) is 0 Å². The Morgan fingerprint density at radius 2 is 2.29 bits per heavy atom. The number of hydrogen-bond acceptors (Lipinski definition) is 4. The van der Waals surface area contributed by atoms with E-state index in [9.17, 15) is 4.79 Å². The van der Waals surface area contributed by atoms with Crippen LogP contribution in [-0.4, -0.2) is 37.2 Å². The van der Waals surface area contributed by atoms with Crippen molar-refractivity contribution in [2.24, 2.45) is 5.92 Å². The Morgan fingerprint density at radius 3 is 2.95 bits per heavy atom. The molecule has 0 aromatic carbocycles. The van der Waals surface area contributed by atoms with Crippen molar-refractivity contribution in [1.82, 2.24) is 10.6 Å². The molecule has 4 nitrogen and oxygen atoms in total. The second-order valence-electron chi connectivity index (χ2n) is 7.05. The highest BCUT2D eigenvalue weighted by molar-refractivity contribution is 7.10. The summed E-state index contributed by atoms with van der Waals surface area (Å²) in [6, 6.07) is 2.71. The molecule has 21 heavy (non-hydrogen) atoms. The fourth-order valence-corrected chi connectivity index (χ4v) is 3.94. The summed E-state index contributed by atoms with van der Waals surface area (Å²) in [5, 5.41) is 8.71. The standard InChI is InChI=1S/C16H22N2O2S/c1-16(8-20-9-16)18-15(19)11-4-14(21-7-11)12-5-13(12)17-6-10-2-3-10/h4,7,10,12-13,17H,2-3,5-6,8-9H2,1H3,(H,18,19). The molecule has 114 valence electrons. The van der Waals surface area contributed by atoms with Gasteiger partial charge in [-0.25, -0.2) is 0 Å². The number of rotatable bonds is 6. The molecule has 1 amide bonds. The monoisotopic (exact) mass is 306 g/mol. The fraction of sp³-hybridized carbons (Fsp3) is 0.688. The average Bonchev–Trinajstić information content (AvgIpc) is 3.33. The van der Waals surface area contributed by atoms with Crippen LogP contribution in [-0.2, 0) is 4.74 Å². The van der Waals surface area contributed by atoms with Crippen LogP contribution >= 0.6 is 11.3 Å². The van der Waals surface area contributed by atoms with Crippen molar-refractivity contribution >= 4 is 17.2 Å². The SMILES string of the molecule is CC1(NC(=O)c2csc(C3CC3NCC3CC3)c2)COC1. The van der Waals surface area contributed by atoms with Crippen molar-refractivity contribution in [3.05, 3.63) is 21.9 Å². The Balaban J connectivity index is 1.32. The van der Waals surface area contributed by atoms with Gasteiger partial charge in [-0.15, -0.1) is 11.3 Å².